The van der Waals surface area contributed by atoms with Crippen LogP contribution in [0.3, 0.4) is 0 Å². The summed E-state index contributed by atoms with van der Waals surface area (Å²) in [7, 11) is 0. The number of nitrogens with zero attached hydrogens (tertiary/aromatic N) is 1. The van der Waals surface area contributed by atoms with E-state index in [4.69, 9.17) is 11.6 Å². The van der Waals surface area contributed by atoms with Gasteiger partial charge in [0.1, 0.15) is 11.5 Å². The van der Waals surface area contributed by atoms with Crippen LogP contribution in [0.4, 0.5) is 10.1 Å². The molecule has 4 nitrogen and oxygen atoms in total. The lowest BCUT2D eigenvalue weighted by Crippen LogP contribution is -2.32. The monoisotopic (exact) mass is 420 g/mol. The van der Waals surface area contributed by atoms with Gasteiger partial charge < -0.3 is 5.32 Å². The number of benzene rings is 3. The first-order chi connectivity index (χ1) is 14.4. The molecule has 2 amide bonds. The summed E-state index contributed by atoms with van der Waals surface area (Å²) >= 11 is 5.93. The number of aryl methyl sites for hydroxylation is 1. The van der Waals surface area contributed by atoms with Crippen molar-refractivity contribution in [2.24, 2.45) is 0 Å². The molecule has 30 heavy (non-hydrogen) atoms. The number of imide groups is 1. The normalized spacial score (nSPS) is 13.9. The summed E-state index contributed by atoms with van der Waals surface area (Å²) in [6.45, 7) is 2.07. The minimum absolute atomic E-state index is 0.124. The molecule has 3 aromatic carbocycles. The van der Waals surface area contributed by atoms with E-state index in [-0.39, 0.29) is 24.0 Å². The molecular weight excluding hydrogens is 403 g/mol. The van der Waals surface area contributed by atoms with Gasteiger partial charge in [0.05, 0.1) is 12.1 Å². The number of anilines is 1. The molecule has 150 valence electrons. The Labute approximate surface area is 178 Å². The molecule has 0 spiro atoms. The Morgan fingerprint density at radius 2 is 1.50 bits per heavy atom. The topological polar surface area (TPSA) is 49.4 Å². The van der Waals surface area contributed by atoms with Gasteiger partial charge >= 0.3 is 0 Å². The van der Waals surface area contributed by atoms with Crippen LogP contribution in [-0.4, -0.2) is 16.7 Å². The van der Waals surface area contributed by atoms with Crippen LogP contribution < -0.4 is 5.32 Å². The molecule has 0 saturated heterocycles. The first-order valence-corrected chi connectivity index (χ1v) is 9.75. The highest BCUT2D eigenvalue weighted by atomic mass is 35.5. The first kappa shape index (κ1) is 19.9. The molecule has 0 saturated carbocycles. The highest BCUT2D eigenvalue weighted by molar-refractivity contribution is 6.36. The zero-order chi connectivity index (χ0) is 21.3. The molecule has 0 atom stereocenters. The summed E-state index contributed by atoms with van der Waals surface area (Å²) in [5, 5.41) is 3.59. The molecule has 3 aromatic rings. The first-order valence-electron chi connectivity index (χ1n) is 9.37. The summed E-state index contributed by atoms with van der Waals surface area (Å²) in [4.78, 5) is 27.6. The van der Waals surface area contributed by atoms with Crippen molar-refractivity contribution >= 4 is 34.7 Å². The van der Waals surface area contributed by atoms with Crippen molar-refractivity contribution in [3.63, 3.8) is 0 Å². The maximum Gasteiger partial charge on any atom is 0.278 e. The smallest absolute Gasteiger partial charge is 0.278 e. The second kappa shape index (κ2) is 8.13. The van der Waals surface area contributed by atoms with Crippen molar-refractivity contribution in [2.75, 3.05) is 5.32 Å². The Bertz CT molecular complexity index is 1140. The Balaban J connectivity index is 1.72. The van der Waals surface area contributed by atoms with Gasteiger partial charge in [0.25, 0.3) is 11.8 Å². The van der Waals surface area contributed by atoms with Crippen molar-refractivity contribution in [3.8, 4) is 0 Å². The second-order valence-corrected chi connectivity index (χ2v) is 7.51. The van der Waals surface area contributed by atoms with Gasteiger partial charge in [-0.3, -0.25) is 14.5 Å². The third kappa shape index (κ3) is 3.98. The van der Waals surface area contributed by atoms with Gasteiger partial charge in [0.15, 0.2) is 0 Å². The average molecular weight is 421 g/mol. The quantitative estimate of drug-likeness (QED) is 0.578. The summed E-state index contributed by atoms with van der Waals surface area (Å²) in [5.41, 5.74) is 3.45. The summed E-state index contributed by atoms with van der Waals surface area (Å²) < 4.78 is 13.3. The lowest BCUT2D eigenvalue weighted by Gasteiger charge is -2.15. The number of nitrogens with one attached hydrogen (secondary N) is 1. The van der Waals surface area contributed by atoms with Crippen LogP contribution in [0.25, 0.3) is 5.57 Å². The Hall–Kier alpha value is -3.44. The molecule has 1 aliphatic heterocycles. The minimum atomic E-state index is -0.435. The van der Waals surface area contributed by atoms with E-state index in [0.29, 0.717) is 21.8 Å². The number of carbonyl (C=O) groups is 2. The largest absolute Gasteiger partial charge is 0.350 e. The standard InChI is InChI=1S/C24H18ClFN2O2/c1-15-2-6-17(7-3-15)21-22(27-20-12-10-19(26)11-13-20)24(30)28(23(21)29)14-16-4-8-18(25)9-5-16/h2-13,27H,14H2,1H3. The lowest BCUT2D eigenvalue weighted by atomic mass is 10.0. The number of halogens is 2. The summed E-state index contributed by atoms with van der Waals surface area (Å²) in [6, 6.07) is 20.0. The predicted molar refractivity (Wildman–Crippen MR) is 115 cm³/mol. The molecule has 0 fully saturated rings. The molecule has 0 unspecified atom stereocenters. The molecule has 0 aromatic heterocycles. The summed E-state index contributed by atoms with van der Waals surface area (Å²) in [5.74, 6) is -1.20. The second-order valence-electron chi connectivity index (χ2n) is 7.07. The zero-order valence-electron chi connectivity index (χ0n) is 16.2. The third-order valence-corrected chi connectivity index (χ3v) is 5.13. The van der Waals surface area contributed by atoms with Crippen molar-refractivity contribution in [3.05, 3.63) is 106 Å². The van der Waals surface area contributed by atoms with Gasteiger partial charge in [0.2, 0.25) is 0 Å². The highest BCUT2D eigenvalue weighted by Crippen LogP contribution is 2.32. The predicted octanol–water partition coefficient (Wildman–Crippen LogP) is 5.18. The van der Waals surface area contributed by atoms with Crippen LogP contribution >= 0.6 is 11.6 Å². The van der Waals surface area contributed by atoms with E-state index in [9.17, 15) is 14.0 Å². The number of hydrogen-bond acceptors (Lipinski definition) is 3. The average Bonchev–Trinajstić information content (AvgIpc) is 2.96. The highest BCUT2D eigenvalue weighted by Gasteiger charge is 2.39. The number of rotatable bonds is 5. The van der Waals surface area contributed by atoms with Gasteiger partial charge in [-0.2, -0.15) is 0 Å². The van der Waals surface area contributed by atoms with Crippen molar-refractivity contribution in [1.82, 2.24) is 4.90 Å². The van der Waals surface area contributed by atoms with E-state index in [0.717, 1.165) is 11.1 Å². The zero-order valence-corrected chi connectivity index (χ0v) is 16.9. The van der Waals surface area contributed by atoms with Crippen LogP contribution in [0.2, 0.25) is 5.02 Å². The molecule has 0 bridgehead atoms. The molecule has 0 radical (unpaired) electrons. The van der Waals surface area contributed by atoms with Crippen LogP contribution in [0.5, 0.6) is 0 Å². The van der Waals surface area contributed by atoms with Gasteiger partial charge in [-0.05, 0) is 54.4 Å². The van der Waals surface area contributed by atoms with E-state index < -0.39 is 5.91 Å². The van der Waals surface area contributed by atoms with E-state index >= 15 is 0 Å². The van der Waals surface area contributed by atoms with Crippen molar-refractivity contribution in [2.45, 2.75) is 13.5 Å². The third-order valence-electron chi connectivity index (χ3n) is 4.88. The Morgan fingerprint density at radius 3 is 2.13 bits per heavy atom. The molecule has 6 heteroatoms. The van der Waals surface area contributed by atoms with E-state index in [1.54, 1.807) is 24.3 Å². The molecule has 0 aliphatic carbocycles. The van der Waals surface area contributed by atoms with Crippen LogP contribution in [0.15, 0.2) is 78.5 Å². The van der Waals surface area contributed by atoms with Crippen LogP contribution in [0.1, 0.15) is 16.7 Å². The molecule has 4 rings (SSSR count). The van der Waals surface area contributed by atoms with Gasteiger partial charge in [-0.15, -0.1) is 0 Å². The fourth-order valence-electron chi connectivity index (χ4n) is 3.27. The molecule has 1 heterocycles. The van der Waals surface area contributed by atoms with Crippen LogP contribution in [-0.2, 0) is 16.1 Å². The van der Waals surface area contributed by atoms with Crippen molar-refractivity contribution < 1.29 is 14.0 Å². The van der Waals surface area contributed by atoms with Gasteiger partial charge in [-0.1, -0.05) is 53.6 Å². The molecular formula is C24H18ClFN2O2. The molecule has 1 N–H and O–H groups in total. The summed E-state index contributed by atoms with van der Waals surface area (Å²) in [6.07, 6.45) is 0. The van der Waals surface area contributed by atoms with Crippen molar-refractivity contribution in [1.29, 1.82) is 0 Å². The van der Waals surface area contributed by atoms with Crippen LogP contribution in [0, 0.1) is 12.7 Å². The van der Waals surface area contributed by atoms with Gasteiger partial charge in [-0.25, -0.2) is 4.39 Å². The number of hydrogen-bond donors (Lipinski definition) is 1. The molecule has 1 aliphatic rings. The van der Waals surface area contributed by atoms with E-state index in [1.807, 2.05) is 31.2 Å². The Morgan fingerprint density at radius 1 is 0.867 bits per heavy atom. The van der Waals surface area contributed by atoms with Gasteiger partial charge in [0, 0.05) is 10.7 Å². The number of carbonyl (C=O) groups excluding carboxylic acids is 2. The van der Waals surface area contributed by atoms with E-state index in [2.05, 4.69) is 5.32 Å². The SMILES string of the molecule is Cc1ccc(C2=C(Nc3ccc(F)cc3)C(=O)N(Cc3ccc(Cl)cc3)C2=O)cc1. The fourth-order valence-corrected chi connectivity index (χ4v) is 3.40. The maximum atomic E-state index is 13.3. The minimum Gasteiger partial charge on any atom is -0.350 e. The fraction of sp³-hybridized carbons (Fsp3) is 0.0833. The lowest BCUT2D eigenvalue weighted by molar-refractivity contribution is -0.137. The van der Waals surface area contributed by atoms with E-state index in [1.165, 1.54) is 29.2 Å². The Kier molecular flexibility index (Phi) is 5.38. The number of amides is 2. The maximum absolute atomic E-state index is 13.3.